The lowest BCUT2D eigenvalue weighted by Gasteiger charge is -2.14. The molecule has 0 atom stereocenters. The Morgan fingerprint density at radius 2 is 2.05 bits per heavy atom. The summed E-state index contributed by atoms with van der Waals surface area (Å²) in [5.41, 5.74) is 2.29. The third-order valence-corrected chi connectivity index (χ3v) is 4.08. The fourth-order valence-corrected chi connectivity index (χ4v) is 2.71. The summed E-state index contributed by atoms with van der Waals surface area (Å²) in [7, 11) is 0. The van der Waals surface area contributed by atoms with Gasteiger partial charge in [-0.1, -0.05) is 25.4 Å². The van der Waals surface area contributed by atoms with Crippen LogP contribution in [0.3, 0.4) is 0 Å². The van der Waals surface area contributed by atoms with Crippen LogP contribution in [0, 0.1) is 6.92 Å². The van der Waals surface area contributed by atoms with E-state index in [0.717, 1.165) is 41.9 Å². The lowest BCUT2D eigenvalue weighted by atomic mass is 10.0. The van der Waals surface area contributed by atoms with Crippen molar-refractivity contribution in [2.24, 2.45) is 0 Å². The van der Waals surface area contributed by atoms with E-state index in [1.807, 2.05) is 6.07 Å². The van der Waals surface area contributed by atoms with Crippen LogP contribution in [0.2, 0.25) is 5.02 Å². The van der Waals surface area contributed by atoms with Gasteiger partial charge < -0.3 is 10.1 Å². The zero-order valence-electron chi connectivity index (χ0n) is 12.8. The molecule has 112 valence electrons. The highest BCUT2D eigenvalue weighted by Crippen LogP contribution is 2.31. The molecule has 0 aliphatic heterocycles. The quantitative estimate of drug-likeness (QED) is 0.703. The van der Waals surface area contributed by atoms with Gasteiger partial charge in [-0.05, 0) is 68.3 Å². The number of ether oxygens (including phenoxy) is 1. The Hall–Kier alpha value is -0.730. The number of hydrogen-bond donors (Lipinski definition) is 1. The number of halogens is 1. The molecule has 0 unspecified atom stereocenters. The highest BCUT2D eigenvalue weighted by Gasteiger charge is 2.19. The standard InChI is InChI=1S/C17H26ClNO/c1-12(2)15-11-17(13(3)10-16(15)18)20-9-5-4-8-19-14-6-7-14/h10-12,14,19H,4-9H2,1-3H3. The molecular formula is C17H26ClNO. The van der Waals surface area contributed by atoms with E-state index in [4.69, 9.17) is 16.3 Å². The average molecular weight is 296 g/mol. The molecular weight excluding hydrogens is 270 g/mol. The second-order valence-electron chi connectivity index (χ2n) is 6.08. The van der Waals surface area contributed by atoms with Gasteiger partial charge in [0.15, 0.2) is 0 Å². The number of benzene rings is 1. The lowest BCUT2D eigenvalue weighted by Crippen LogP contribution is -2.18. The molecule has 1 aliphatic carbocycles. The molecule has 2 rings (SSSR count). The van der Waals surface area contributed by atoms with Gasteiger partial charge in [0.05, 0.1) is 6.61 Å². The lowest BCUT2D eigenvalue weighted by molar-refractivity contribution is 0.303. The number of hydrogen-bond acceptors (Lipinski definition) is 2. The van der Waals surface area contributed by atoms with Gasteiger partial charge in [0.1, 0.15) is 5.75 Å². The van der Waals surface area contributed by atoms with Crippen molar-refractivity contribution in [1.29, 1.82) is 0 Å². The molecule has 2 nitrogen and oxygen atoms in total. The molecule has 0 aromatic heterocycles. The first-order chi connectivity index (χ1) is 9.58. The predicted molar refractivity (Wildman–Crippen MR) is 86.0 cm³/mol. The Morgan fingerprint density at radius 3 is 2.70 bits per heavy atom. The van der Waals surface area contributed by atoms with Gasteiger partial charge in [-0.25, -0.2) is 0 Å². The topological polar surface area (TPSA) is 21.3 Å². The van der Waals surface area contributed by atoms with E-state index < -0.39 is 0 Å². The van der Waals surface area contributed by atoms with Crippen molar-refractivity contribution in [3.63, 3.8) is 0 Å². The average Bonchev–Trinajstić information content (AvgIpc) is 3.19. The molecule has 0 heterocycles. The molecule has 1 saturated carbocycles. The molecule has 1 N–H and O–H groups in total. The van der Waals surface area contributed by atoms with Crippen LogP contribution in [-0.2, 0) is 0 Å². The minimum atomic E-state index is 0.424. The molecule has 3 heteroatoms. The summed E-state index contributed by atoms with van der Waals surface area (Å²) in [5, 5.41) is 4.37. The van der Waals surface area contributed by atoms with Gasteiger partial charge in [-0.3, -0.25) is 0 Å². The summed E-state index contributed by atoms with van der Waals surface area (Å²) < 4.78 is 5.92. The van der Waals surface area contributed by atoms with Crippen LogP contribution < -0.4 is 10.1 Å². The summed E-state index contributed by atoms with van der Waals surface area (Å²) >= 11 is 6.27. The van der Waals surface area contributed by atoms with Crippen LogP contribution >= 0.6 is 11.6 Å². The first-order valence-electron chi connectivity index (χ1n) is 7.74. The second kappa shape index (κ2) is 7.33. The third kappa shape index (κ3) is 4.68. The highest BCUT2D eigenvalue weighted by molar-refractivity contribution is 6.31. The van der Waals surface area contributed by atoms with E-state index in [1.165, 1.54) is 24.8 Å². The van der Waals surface area contributed by atoms with Crippen molar-refractivity contribution in [3.05, 3.63) is 28.3 Å². The van der Waals surface area contributed by atoms with E-state index >= 15 is 0 Å². The Balaban J connectivity index is 1.77. The number of rotatable bonds is 8. The Morgan fingerprint density at radius 1 is 1.30 bits per heavy atom. The summed E-state index contributed by atoms with van der Waals surface area (Å²) in [6.45, 7) is 8.27. The fourth-order valence-electron chi connectivity index (χ4n) is 2.27. The first-order valence-corrected chi connectivity index (χ1v) is 8.12. The minimum absolute atomic E-state index is 0.424. The van der Waals surface area contributed by atoms with Crippen LogP contribution in [0.5, 0.6) is 5.75 Å². The van der Waals surface area contributed by atoms with Crippen LogP contribution in [0.25, 0.3) is 0 Å². The van der Waals surface area contributed by atoms with Crippen LogP contribution in [0.1, 0.15) is 56.6 Å². The largest absolute Gasteiger partial charge is 0.493 e. The minimum Gasteiger partial charge on any atom is -0.493 e. The summed E-state index contributed by atoms with van der Waals surface area (Å²) in [5.74, 6) is 1.40. The summed E-state index contributed by atoms with van der Waals surface area (Å²) in [6, 6.07) is 4.93. The highest BCUT2D eigenvalue weighted by atomic mass is 35.5. The normalized spacial score (nSPS) is 14.8. The maximum Gasteiger partial charge on any atom is 0.122 e. The van der Waals surface area contributed by atoms with Crippen molar-refractivity contribution in [3.8, 4) is 5.75 Å². The van der Waals surface area contributed by atoms with E-state index in [-0.39, 0.29) is 0 Å². The van der Waals surface area contributed by atoms with Crippen LogP contribution in [0.15, 0.2) is 12.1 Å². The maximum atomic E-state index is 6.27. The van der Waals surface area contributed by atoms with Crippen molar-refractivity contribution in [1.82, 2.24) is 5.32 Å². The monoisotopic (exact) mass is 295 g/mol. The van der Waals surface area contributed by atoms with E-state index in [9.17, 15) is 0 Å². The molecule has 20 heavy (non-hydrogen) atoms. The third-order valence-electron chi connectivity index (χ3n) is 3.76. The van der Waals surface area contributed by atoms with Gasteiger partial charge in [0.2, 0.25) is 0 Å². The van der Waals surface area contributed by atoms with E-state index in [2.05, 4.69) is 32.2 Å². The van der Waals surface area contributed by atoms with Crippen molar-refractivity contribution < 1.29 is 4.74 Å². The molecule has 0 saturated heterocycles. The molecule has 1 fully saturated rings. The Labute approximate surface area is 127 Å². The molecule has 1 aromatic rings. The van der Waals surface area contributed by atoms with Gasteiger partial charge in [-0.15, -0.1) is 0 Å². The predicted octanol–water partition coefficient (Wildman–Crippen LogP) is 4.68. The molecule has 0 spiro atoms. The SMILES string of the molecule is Cc1cc(Cl)c(C(C)C)cc1OCCCCNC1CC1. The van der Waals surface area contributed by atoms with Crippen molar-refractivity contribution in [2.45, 2.75) is 58.4 Å². The summed E-state index contributed by atoms with van der Waals surface area (Å²) in [6.07, 6.45) is 5.00. The molecule has 1 aliphatic rings. The molecule has 1 aromatic carbocycles. The maximum absolute atomic E-state index is 6.27. The fraction of sp³-hybridized carbons (Fsp3) is 0.647. The van der Waals surface area contributed by atoms with Crippen LogP contribution in [-0.4, -0.2) is 19.2 Å². The number of unbranched alkanes of at least 4 members (excludes halogenated alkanes) is 1. The van der Waals surface area contributed by atoms with Crippen molar-refractivity contribution in [2.75, 3.05) is 13.2 Å². The van der Waals surface area contributed by atoms with Gasteiger partial charge >= 0.3 is 0 Å². The molecule has 0 bridgehead atoms. The Kier molecular flexibility index (Phi) is 5.74. The van der Waals surface area contributed by atoms with Crippen molar-refractivity contribution >= 4 is 11.6 Å². The molecule has 0 amide bonds. The van der Waals surface area contributed by atoms with Crippen LogP contribution in [0.4, 0.5) is 0 Å². The number of aryl methyl sites for hydroxylation is 1. The van der Waals surface area contributed by atoms with Gasteiger partial charge in [0, 0.05) is 11.1 Å². The zero-order chi connectivity index (χ0) is 14.5. The van der Waals surface area contributed by atoms with Gasteiger partial charge in [0.25, 0.3) is 0 Å². The second-order valence-corrected chi connectivity index (χ2v) is 6.49. The van der Waals surface area contributed by atoms with E-state index in [1.54, 1.807) is 0 Å². The Bertz CT molecular complexity index is 441. The van der Waals surface area contributed by atoms with E-state index in [0.29, 0.717) is 5.92 Å². The zero-order valence-corrected chi connectivity index (χ0v) is 13.6. The van der Waals surface area contributed by atoms with Gasteiger partial charge in [-0.2, -0.15) is 0 Å². The smallest absolute Gasteiger partial charge is 0.122 e. The summed E-state index contributed by atoms with van der Waals surface area (Å²) in [4.78, 5) is 0. The number of nitrogens with one attached hydrogen (secondary N) is 1. The molecule has 0 radical (unpaired) electrons. The first kappa shape index (κ1) is 15.7.